The first-order valence-electron chi connectivity index (χ1n) is 8.48. The third-order valence-corrected chi connectivity index (χ3v) is 4.54. The normalized spacial score (nSPS) is 15.0. The summed E-state index contributed by atoms with van der Waals surface area (Å²) in [6, 6.07) is 5.23. The summed E-state index contributed by atoms with van der Waals surface area (Å²) in [7, 11) is 1.61. The van der Waals surface area contributed by atoms with Gasteiger partial charge in [0.2, 0.25) is 0 Å². The average Bonchev–Trinajstić information content (AvgIpc) is 2.55. The Morgan fingerprint density at radius 1 is 1.36 bits per heavy atom. The molecule has 6 heteroatoms. The van der Waals surface area contributed by atoms with E-state index in [1.54, 1.807) is 19.2 Å². The van der Waals surface area contributed by atoms with Gasteiger partial charge in [-0.05, 0) is 24.6 Å². The van der Waals surface area contributed by atoms with E-state index >= 15 is 0 Å². The second kappa shape index (κ2) is 6.52. The van der Waals surface area contributed by atoms with Crippen molar-refractivity contribution < 1.29 is 9.84 Å². The maximum Gasteiger partial charge on any atom is 0.254 e. The number of rotatable bonds is 3. The number of phenolic OH excluding ortho intramolecular Hbond substituents is 1. The number of nitrogens with zero attached hydrogens (tertiary/aromatic N) is 2. The average molecular weight is 343 g/mol. The number of hydrogen-bond acceptors (Lipinski definition) is 5. The fraction of sp³-hybridized carbons (Fsp3) is 0.474. The summed E-state index contributed by atoms with van der Waals surface area (Å²) < 4.78 is 5.24. The lowest BCUT2D eigenvalue weighted by molar-refractivity contribution is 0.236. The Hall–Kier alpha value is -2.34. The summed E-state index contributed by atoms with van der Waals surface area (Å²) in [5.41, 5.74) is 2.19. The van der Waals surface area contributed by atoms with Gasteiger partial charge in [0.25, 0.3) is 5.56 Å². The first-order chi connectivity index (χ1) is 11.8. The van der Waals surface area contributed by atoms with E-state index < -0.39 is 0 Å². The molecule has 0 amide bonds. The van der Waals surface area contributed by atoms with Crippen LogP contribution in [0.4, 0.5) is 0 Å². The highest BCUT2D eigenvalue weighted by molar-refractivity contribution is 5.39. The number of ether oxygens (including phenoxy) is 1. The van der Waals surface area contributed by atoms with E-state index in [1.807, 2.05) is 26.8 Å². The van der Waals surface area contributed by atoms with Gasteiger partial charge in [0.1, 0.15) is 17.3 Å². The molecule has 2 N–H and O–H groups in total. The number of benzene rings is 1. The van der Waals surface area contributed by atoms with E-state index in [0.29, 0.717) is 25.3 Å². The van der Waals surface area contributed by atoms with Gasteiger partial charge in [0, 0.05) is 36.2 Å². The van der Waals surface area contributed by atoms with E-state index in [4.69, 9.17) is 9.72 Å². The third kappa shape index (κ3) is 3.69. The molecule has 0 saturated heterocycles. The van der Waals surface area contributed by atoms with Gasteiger partial charge in [-0.1, -0.05) is 20.8 Å². The predicted octanol–water partition coefficient (Wildman–Crippen LogP) is 2.34. The standard InChI is InChI=1S/C19H25N3O3/c1-19(2,3)18-20-15-11-22(8-7-14(15)17(24)21-18)10-12-9-13(25-4)5-6-16(12)23/h5-6,9,23H,7-8,10-11H2,1-4H3,(H,20,21,24). The molecule has 0 saturated carbocycles. The predicted molar refractivity (Wildman–Crippen MR) is 96.0 cm³/mol. The van der Waals surface area contributed by atoms with Crippen molar-refractivity contribution in [3.8, 4) is 11.5 Å². The van der Waals surface area contributed by atoms with Crippen molar-refractivity contribution in [3.05, 3.63) is 51.2 Å². The second-order valence-electron chi connectivity index (χ2n) is 7.55. The van der Waals surface area contributed by atoms with Crippen molar-refractivity contribution >= 4 is 0 Å². The highest BCUT2D eigenvalue weighted by atomic mass is 16.5. The Balaban J connectivity index is 1.86. The van der Waals surface area contributed by atoms with Crippen molar-refractivity contribution in [1.29, 1.82) is 0 Å². The van der Waals surface area contributed by atoms with Crippen molar-refractivity contribution in [2.24, 2.45) is 0 Å². The molecule has 1 aromatic carbocycles. The van der Waals surface area contributed by atoms with Gasteiger partial charge < -0.3 is 14.8 Å². The largest absolute Gasteiger partial charge is 0.508 e. The van der Waals surface area contributed by atoms with Gasteiger partial charge in [-0.25, -0.2) is 4.98 Å². The molecule has 1 aromatic heterocycles. The van der Waals surface area contributed by atoms with Crippen LogP contribution in [0.1, 0.15) is 43.4 Å². The van der Waals surface area contributed by atoms with Gasteiger partial charge in [0.05, 0.1) is 12.8 Å². The van der Waals surface area contributed by atoms with Crippen molar-refractivity contribution in [2.45, 2.75) is 45.7 Å². The summed E-state index contributed by atoms with van der Waals surface area (Å²) in [6.07, 6.45) is 0.660. The number of methoxy groups -OCH3 is 1. The Bertz CT molecular complexity index is 837. The molecule has 3 rings (SSSR count). The molecule has 134 valence electrons. The molecule has 0 atom stereocenters. The van der Waals surface area contributed by atoms with Gasteiger partial charge in [-0.3, -0.25) is 9.69 Å². The lowest BCUT2D eigenvalue weighted by Gasteiger charge is -2.29. The molecule has 0 radical (unpaired) electrons. The number of phenols is 1. The van der Waals surface area contributed by atoms with Gasteiger partial charge >= 0.3 is 0 Å². The van der Waals surface area contributed by atoms with E-state index in [-0.39, 0.29) is 16.7 Å². The summed E-state index contributed by atoms with van der Waals surface area (Å²) in [4.78, 5) is 22.2. The van der Waals surface area contributed by atoms with Crippen LogP contribution < -0.4 is 10.3 Å². The molecule has 6 nitrogen and oxygen atoms in total. The Kier molecular flexibility index (Phi) is 4.56. The zero-order chi connectivity index (χ0) is 18.2. The highest BCUT2D eigenvalue weighted by Gasteiger charge is 2.25. The van der Waals surface area contributed by atoms with Crippen LogP contribution in [0.15, 0.2) is 23.0 Å². The van der Waals surface area contributed by atoms with E-state index in [2.05, 4.69) is 9.88 Å². The number of H-pyrrole nitrogens is 1. The SMILES string of the molecule is COc1ccc(O)c(CN2CCc3c(nc(C(C)(C)C)[nH]c3=O)C2)c1. The molecule has 1 aliphatic rings. The Morgan fingerprint density at radius 2 is 2.12 bits per heavy atom. The maximum atomic E-state index is 12.4. The molecule has 0 fully saturated rings. The van der Waals surface area contributed by atoms with Crippen LogP contribution >= 0.6 is 0 Å². The second-order valence-corrected chi connectivity index (χ2v) is 7.55. The zero-order valence-corrected chi connectivity index (χ0v) is 15.2. The molecular formula is C19H25N3O3. The number of aromatic nitrogens is 2. The van der Waals surface area contributed by atoms with Crippen molar-refractivity contribution in [3.63, 3.8) is 0 Å². The smallest absolute Gasteiger partial charge is 0.254 e. The quantitative estimate of drug-likeness (QED) is 0.894. The third-order valence-electron chi connectivity index (χ3n) is 4.54. The topological polar surface area (TPSA) is 78.5 Å². The van der Waals surface area contributed by atoms with Crippen molar-refractivity contribution in [1.82, 2.24) is 14.9 Å². The minimum absolute atomic E-state index is 0.0289. The first kappa shape index (κ1) is 17.5. The molecule has 1 aliphatic heterocycles. The fourth-order valence-electron chi connectivity index (χ4n) is 3.04. The van der Waals surface area contributed by atoms with Crippen LogP contribution in [0, 0.1) is 0 Å². The summed E-state index contributed by atoms with van der Waals surface area (Å²) in [5, 5.41) is 10.1. The zero-order valence-electron chi connectivity index (χ0n) is 15.2. The number of aromatic amines is 1. The van der Waals surface area contributed by atoms with Gasteiger partial charge in [0.15, 0.2) is 0 Å². The lowest BCUT2D eigenvalue weighted by atomic mass is 9.95. The molecular weight excluding hydrogens is 318 g/mol. The molecule has 0 bridgehead atoms. The van der Waals surface area contributed by atoms with Crippen LogP contribution in [0.3, 0.4) is 0 Å². The van der Waals surface area contributed by atoms with Crippen LogP contribution in [-0.2, 0) is 24.9 Å². The number of fused-ring (bicyclic) bond motifs is 1. The summed E-state index contributed by atoms with van der Waals surface area (Å²) >= 11 is 0. The molecule has 2 aromatic rings. The first-order valence-corrected chi connectivity index (χ1v) is 8.48. The Morgan fingerprint density at radius 3 is 2.80 bits per heavy atom. The number of aromatic hydroxyl groups is 1. The number of hydrogen-bond donors (Lipinski definition) is 2. The molecule has 0 aliphatic carbocycles. The van der Waals surface area contributed by atoms with Crippen LogP contribution in [-0.4, -0.2) is 33.6 Å². The van der Waals surface area contributed by atoms with Crippen LogP contribution in [0.25, 0.3) is 0 Å². The van der Waals surface area contributed by atoms with Gasteiger partial charge in [-0.2, -0.15) is 0 Å². The highest BCUT2D eigenvalue weighted by Crippen LogP contribution is 2.26. The van der Waals surface area contributed by atoms with E-state index in [0.717, 1.165) is 29.1 Å². The van der Waals surface area contributed by atoms with E-state index in [1.165, 1.54) is 0 Å². The molecule has 0 spiro atoms. The van der Waals surface area contributed by atoms with Crippen LogP contribution in [0.5, 0.6) is 11.5 Å². The van der Waals surface area contributed by atoms with E-state index in [9.17, 15) is 9.90 Å². The minimum Gasteiger partial charge on any atom is -0.508 e. The summed E-state index contributed by atoms with van der Waals surface area (Å²) in [6.45, 7) is 8.04. The lowest BCUT2D eigenvalue weighted by Crippen LogP contribution is -2.36. The Labute approximate surface area is 147 Å². The molecule has 0 unspecified atom stereocenters. The van der Waals surface area contributed by atoms with Gasteiger partial charge in [-0.15, -0.1) is 0 Å². The maximum absolute atomic E-state index is 12.4. The minimum atomic E-state index is -0.207. The molecule has 2 heterocycles. The monoisotopic (exact) mass is 343 g/mol. The summed E-state index contributed by atoms with van der Waals surface area (Å²) in [5.74, 6) is 1.68. The number of nitrogens with one attached hydrogen (secondary N) is 1. The van der Waals surface area contributed by atoms with Crippen molar-refractivity contribution in [2.75, 3.05) is 13.7 Å². The molecule has 25 heavy (non-hydrogen) atoms. The van der Waals surface area contributed by atoms with Crippen LogP contribution in [0.2, 0.25) is 0 Å². The fourth-order valence-corrected chi connectivity index (χ4v) is 3.04.